The second-order valence-corrected chi connectivity index (χ2v) is 8.35. The third-order valence-electron chi connectivity index (χ3n) is 4.97. The molecule has 26 heavy (non-hydrogen) atoms. The highest BCUT2D eigenvalue weighted by Crippen LogP contribution is 2.46. The highest BCUT2D eigenvalue weighted by atomic mass is 16.5. The Kier molecular flexibility index (Phi) is 4.54. The fourth-order valence-corrected chi connectivity index (χ4v) is 4.46. The van der Waals surface area contributed by atoms with E-state index >= 15 is 0 Å². The van der Waals surface area contributed by atoms with Gasteiger partial charge < -0.3 is 14.6 Å². The summed E-state index contributed by atoms with van der Waals surface area (Å²) in [5.41, 5.74) is -0.490. The van der Waals surface area contributed by atoms with Crippen molar-refractivity contribution in [3.63, 3.8) is 0 Å². The fourth-order valence-electron chi connectivity index (χ4n) is 4.46. The van der Waals surface area contributed by atoms with E-state index in [4.69, 9.17) is 9.26 Å². The summed E-state index contributed by atoms with van der Waals surface area (Å²) in [4.78, 5) is 38.3. The van der Waals surface area contributed by atoms with E-state index in [0.717, 1.165) is 11.3 Å². The zero-order chi connectivity index (χ0) is 19.1. The molecule has 0 aromatic carbocycles. The Labute approximate surface area is 152 Å². The molecule has 0 unspecified atom stereocenters. The number of urea groups is 1. The van der Waals surface area contributed by atoms with Crippen molar-refractivity contribution in [2.75, 3.05) is 6.54 Å². The van der Waals surface area contributed by atoms with Crippen molar-refractivity contribution in [1.82, 2.24) is 15.4 Å². The molecule has 1 spiro atoms. The van der Waals surface area contributed by atoms with Crippen LogP contribution in [0.5, 0.6) is 0 Å². The second kappa shape index (κ2) is 6.41. The minimum absolute atomic E-state index is 0.0536. The third kappa shape index (κ3) is 3.59. The summed E-state index contributed by atoms with van der Waals surface area (Å²) in [6.07, 6.45) is 2.15. The minimum atomic E-state index is -0.915. The van der Waals surface area contributed by atoms with Crippen molar-refractivity contribution >= 4 is 17.9 Å². The van der Waals surface area contributed by atoms with Gasteiger partial charge in [-0.15, -0.1) is 0 Å². The Bertz CT molecular complexity index is 741. The molecule has 2 aliphatic rings. The Balaban J connectivity index is 1.64. The number of aryl methyl sites for hydroxylation is 1. The van der Waals surface area contributed by atoms with Crippen molar-refractivity contribution < 1.29 is 23.6 Å². The lowest BCUT2D eigenvalue weighted by atomic mass is 9.64. The molecule has 1 aromatic rings. The molecule has 1 aliphatic heterocycles. The van der Waals surface area contributed by atoms with Crippen LogP contribution in [-0.2, 0) is 20.9 Å². The smallest absolute Gasteiger partial charge is 0.326 e. The first kappa shape index (κ1) is 18.4. The van der Waals surface area contributed by atoms with Gasteiger partial charge in [0.25, 0.3) is 5.91 Å². The molecule has 2 heterocycles. The van der Waals surface area contributed by atoms with Crippen LogP contribution in [0.2, 0.25) is 0 Å². The summed E-state index contributed by atoms with van der Waals surface area (Å²) < 4.78 is 10.0. The molecule has 1 aliphatic carbocycles. The second-order valence-electron chi connectivity index (χ2n) is 8.35. The van der Waals surface area contributed by atoms with Gasteiger partial charge in [0.1, 0.15) is 30.1 Å². The van der Waals surface area contributed by atoms with Gasteiger partial charge in [0, 0.05) is 6.07 Å². The molecule has 1 N–H and O–H groups in total. The maximum atomic E-state index is 12.9. The highest BCUT2D eigenvalue weighted by molar-refractivity contribution is 6.08. The Morgan fingerprint density at radius 2 is 2.15 bits per heavy atom. The van der Waals surface area contributed by atoms with Gasteiger partial charge >= 0.3 is 12.0 Å². The van der Waals surface area contributed by atoms with Crippen molar-refractivity contribution in [3.8, 4) is 0 Å². The average Bonchev–Trinajstić information content (AvgIpc) is 3.00. The van der Waals surface area contributed by atoms with E-state index < -0.39 is 24.1 Å². The van der Waals surface area contributed by atoms with Crippen molar-refractivity contribution in [2.24, 2.45) is 11.3 Å². The topological polar surface area (TPSA) is 102 Å². The third-order valence-corrected chi connectivity index (χ3v) is 4.97. The van der Waals surface area contributed by atoms with E-state index in [0.29, 0.717) is 30.2 Å². The van der Waals surface area contributed by atoms with Gasteiger partial charge in [0.05, 0.1) is 0 Å². The van der Waals surface area contributed by atoms with E-state index in [1.165, 1.54) is 0 Å². The van der Waals surface area contributed by atoms with Crippen LogP contribution in [0.15, 0.2) is 10.6 Å². The Morgan fingerprint density at radius 3 is 2.77 bits per heavy atom. The molecule has 1 saturated carbocycles. The van der Waals surface area contributed by atoms with Crippen molar-refractivity contribution in [3.05, 3.63) is 17.5 Å². The molecule has 3 rings (SSSR count). The van der Waals surface area contributed by atoms with Crippen LogP contribution in [0.3, 0.4) is 0 Å². The molecule has 142 valence electrons. The maximum absolute atomic E-state index is 12.9. The quantitative estimate of drug-likeness (QED) is 0.650. The number of rotatable bonds is 4. The van der Waals surface area contributed by atoms with E-state index in [9.17, 15) is 14.4 Å². The lowest BCUT2D eigenvalue weighted by Gasteiger charge is -2.43. The minimum Gasteiger partial charge on any atom is -0.458 e. The lowest BCUT2D eigenvalue weighted by Crippen LogP contribution is -2.54. The van der Waals surface area contributed by atoms with Gasteiger partial charge in [-0.3, -0.25) is 14.5 Å². The van der Waals surface area contributed by atoms with Gasteiger partial charge in [0.15, 0.2) is 0 Å². The van der Waals surface area contributed by atoms with Crippen LogP contribution in [0, 0.1) is 18.3 Å². The van der Waals surface area contributed by atoms with Crippen molar-refractivity contribution in [2.45, 2.75) is 59.1 Å². The van der Waals surface area contributed by atoms with Gasteiger partial charge in [-0.05, 0) is 37.5 Å². The number of carbonyl (C=O) groups is 3. The van der Waals surface area contributed by atoms with Crippen LogP contribution < -0.4 is 5.32 Å². The molecule has 8 heteroatoms. The van der Waals surface area contributed by atoms with Crippen molar-refractivity contribution in [1.29, 1.82) is 0 Å². The number of ether oxygens (including phenoxy) is 1. The summed E-state index contributed by atoms with van der Waals surface area (Å²) in [7, 11) is 0. The zero-order valence-electron chi connectivity index (χ0n) is 15.6. The highest BCUT2D eigenvalue weighted by Gasteiger charge is 2.56. The summed E-state index contributed by atoms with van der Waals surface area (Å²) in [5, 5.41) is 6.57. The number of amides is 3. The zero-order valence-corrected chi connectivity index (χ0v) is 15.6. The first-order chi connectivity index (χ1) is 12.1. The molecule has 2 fully saturated rings. The predicted octanol–water partition coefficient (Wildman–Crippen LogP) is 2.16. The number of carbonyl (C=O) groups excluding carboxylic acids is 3. The predicted molar refractivity (Wildman–Crippen MR) is 90.8 cm³/mol. The van der Waals surface area contributed by atoms with Gasteiger partial charge in [0.2, 0.25) is 0 Å². The number of nitrogens with zero attached hydrogens (tertiary/aromatic N) is 2. The van der Waals surface area contributed by atoms with Crippen LogP contribution in [0.4, 0.5) is 4.79 Å². The molecule has 8 nitrogen and oxygen atoms in total. The van der Waals surface area contributed by atoms with Crippen LogP contribution >= 0.6 is 0 Å². The number of hydrogen-bond acceptors (Lipinski definition) is 6. The SMILES string of the molecule is Cc1cc(COC(=O)CN2C(=O)N[C@@]3(C[C@H](C)CC(C)(C)C3)C2=O)no1. The molecule has 3 amide bonds. The van der Waals surface area contributed by atoms with Gasteiger partial charge in [-0.1, -0.05) is 25.9 Å². The van der Waals surface area contributed by atoms with Gasteiger partial charge in [-0.25, -0.2) is 4.79 Å². The van der Waals surface area contributed by atoms with E-state index in [2.05, 4.69) is 31.2 Å². The molecular formula is C18H25N3O5. The van der Waals surface area contributed by atoms with E-state index in [1.807, 2.05) is 0 Å². The first-order valence-electron chi connectivity index (χ1n) is 8.82. The summed E-state index contributed by atoms with van der Waals surface area (Å²) >= 11 is 0. The molecule has 2 atom stereocenters. The number of hydrogen-bond donors (Lipinski definition) is 1. The number of nitrogens with one attached hydrogen (secondary N) is 1. The summed E-state index contributed by atoms with van der Waals surface area (Å²) in [6.45, 7) is 7.55. The number of esters is 1. The standard InChI is InChI=1S/C18H25N3O5/c1-11-6-17(3,4)10-18(7-11)15(23)21(16(24)19-18)8-14(22)25-9-13-5-12(2)26-20-13/h5,11H,6-10H2,1-4H3,(H,19,24)/t11-,18-/m1/s1. The Hall–Kier alpha value is -2.38. The molecule has 1 saturated heterocycles. The summed E-state index contributed by atoms with van der Waals surface area (Å²) in [5.74, 6) is -0.0721. The molecular weight excluding hydrogens is 338 g/mol. The normalized spacial score (nSPS) is 27.7. The first-order valence-corrected chi connectivity index (χ1v) is 8.82. The monoisotopic (exact) mass is 363 g/mol. The number of aromatic nitrogens is 1. The van der Waals surface area contributed by atoms with Crippen LogP contribution in [0.1, 0.15) is 51.5 Å². The lowest BCUT2D eigenvalue weighted by molar-refractivity contribution is -0.149. The van der Waals surface area contributed by atoms with E-state index in [-0.39, 0.29) is 17.9 Å². The van der Waals surface area contributed by atoms with E-state index in [1.54, 1.807) is 13.0 Å². The van der Waals surface area contributed by atoms with Gasteiger partial charge in [-0.2, -0.15) is 0 Å². The largest absolute Gasteiger partial charge is 0.458 e. The molecule has 1 aromatic heterocycles. The fraction of sp³-hybridized carbons (Fsp3) is 0.667. The summed E-state index contributed by atoms with van der Waals surface area (Å²) in [6, 6.07) is 1.12. The Morgan fingerprint density at radius 1 is 1.42 bits per heavy atom. The molecule has 0 bridgehead atoms. The number of imide groups is 1. The van der Waals surface area contributed by atoms with Crippen LogP contribution in [-0.4, -0.2) is 40.0 Å². The molecule has 0 radical (unpaired) electrons. The maximum Gasteiger partial charge on any atom is 0.326 e. The van der Waals surface area contributed by atoms with Crippen LogP contribution in [0.25, 0.3) is 0 Å². The average molecular weight is 363 g/mol.